The van der Waals surface area contributed by atoms with Gasteiger partial charge in [-0.15, -0.1) is 0 Å². The number of carbonyl (C=O) groups excluding carboxylic acids is 1. The molecule has 0 saturated carbocycles. The Morgan fingerprint density at radius 3 is 2.74 bits per heavy atom. The number of halogens is 3. The van der Waals surface area contributed by atoms with Gasteiger partial charge in [0.2, 0.25) is 0 Å². The van der Waals surface area contributed by atoms with Crippen molar-refractivity contribution in [2.75, 3.05) is 6.61 Å². The zero-order valence-electron chi connectivity index (χ0n) is 10.7. The minimum atomic E-state index is -1.96. The van der Waals surface area contributed by atoms with Gasteiger partial charge in [-0.3, -0.25) is 4.79 Å². The van der Waals surface area contributed by atoms with Crippen molar-refractivity contribution >= 4 is 40.7 Å². The fourth-order valence-corrected chi connectivity index (χ4v) is 2.50. The molecule has 0 aromatic carbocycles. The predicted molar refractivity (Wildman–Crippen MR) is 74.4 cm³/mol. The lowest BCUT2D eigenvalue weighted by Crippen LogP contribution is -2.55. The van der Waals surface area contributed by atoms with Crippen LogP contribution in [-0.2, 0) is 14.3 Å². The summed E-state index contributed by atoms with van der Waals surface area (Å²) in [6, 6.07) is -0.252. The molecule has 1 amide bonds. The van der Waals surface area contributed by atoms with Crippen LogP contribution in [-0.4, -0.2) is 34.2 Å². The Morgan fingerprint density at radius 2 is 2.11 bits per heavy atom. The number of amides is 1. The molecule has 1 aliphatic heterocycles. The summed E-state index contributed by atoms with van der Waals surface area (Å²) in [6.07, 6.45) is 4.64. The molecule has 2 aliphatic rings. The van der Waals surface area contributed by atoms with E-state index >= 15 is 0 Å². The Kier molecular flexibility index (Phi) is 4.38. The summed E-state index contributed by atoms with van der Waals surface area (Å²) in [7, 11) is 0. The van der Waals surface area contributed by atoms with Gasteiger partial charge in [0.15, 0.2) is 5.79 Å². The van der Waals surface area contributed by atoms with E-state index < -0.39 is 15.5 Å². The Bertz CT molecular complexity index is 392. The van der Waals surface area contributed by atoms with Gasteiger partial charge in [0.25, 0.3) is 9.70 Å². The van der Waals surface area contributed by atoms with Crippen molar-refractivity contribution in [1.82, 2.24) is 5.32 Å². The highest BCUT2D eigenvalue weighted by molar-refractivity contribution is 6.76. The molecule has 1 saturated heterocycles. The van der Waals surface area contributed by atoms with Crippen LogP contribution in [0.4, 0.5) is 0 Å². The van der Waals surface area contributed by atoms with Gasteiger partial charge in [-0.05, 0) is 20.3 Å². The van der Waals surface area contributed by atoms with E-state index in [4.69, 9.17) is 44.3 Å². The smallest absolute Gasteiger partial charge is 0.272 e. The van der Waals surface area contributed by atoms with Gasteiger partial charge in [-0.2, -0.15) is 0 Å². The van der Waals surface area contributed by atoms with E-state index in [2.05, 4.69) is 5.32 Å². The number of fused-ring (bicyclic) bond motifs is 1. The second-order valence-corrected chi connectivity index (χ2v) is 7.47. The SMILES string of the molecule is CC1(C)OC[C@H]2[C@@H](NC(=O)C(Cl)(Cl)Cl)C=CC[C@@H]2O1. The number of hydrogen-bond acceptors (Lipinski definition) is 3. The summed E-state index contributed by atoms with van der Waals surface area (Å²) < 4.78 is 9.52. The monoisotopic (exact) mass is 327 g/mol. The summed E-state index contributed by atoms with van der Waals surface area (Å²) in [5, 5.41) is 2.70. The first-order chi connectivity index (χ1) is 8.69. The first-order valence-electron chi connectivity index (χ1n) is 6.05. The minimum absolute atomic E-state index is 0.00516. The van der Waals surface area contributed by atoms with Crippen LogP contribution in [0.5, 0.6) is 0 Å². The molecule has 0 radical (unpaired) electrons. The second kappa shape index (κ2) is 5.41. The number of carbonyl (C=O) groups is 1. The molecule has 1 heterocycles. The van der Waals surface area contributed by atoms with Crippen LogP contribution in [0.3, 0.4) is 0 Å². The molecule has 1 fully saturated rings. The standard InChI is InChI=1S/C12H16Cl3NO3/c1-11(2)18-6-7-8(4-3-5-9(7)19-11)16-10(17)12(13,14)15/h3-4,7-9H,5-6H2,1-2H3,(H,16,17)/t7-,8-,9-/m0/s1. The lowest BCUT2D eigenvalue weighted by molar-refractivity contribution is -0.294. The average Bonchev–Trinajstić information content (AvgIpc) is 2.26. The molecule has 1 N–H and O–H groups in total. The van der Waals surface area contributed by atoms with Crippen molar-refractivity contribution in [2.24, 2.45) is 5.92 Å². The minimum Gasteiger partial charge on any atom is -0.350 e. The van der Waals surface area contributed by atoms with E-state index in [0.717, 1.165) is 6.42 Å². The third kappa shape index (κ3) is 3.76. The fraction of sp³-hybridized carbons (Fsp3) is 0.750. The Labute approximate surface area is 127 Å². The van der Waals surface area contributed by atoms with Crippen LogP contribution in [0, 0.1) is 5.92 Å². The highest BCUT2D eigenvalue weighted by Gasteiger charge is 2.42. The summed E-state index contributed by atoms with van der Waals surface area (Å²) in [6.45, 7) is 4.24. The van der Waals surface area contributed by atoms with Gasteiger partial charge < -0.3 is 14.8 Å². The Morgan fingerprint density at radius 1 is 1.42 bits per heavy atom. The number of hydrogen-bond donors (Lipinski definition) is 1. The average molecular weight is 329 g/mol. The number of ether oxygens (including phenoxy) is 2. The molecular weight excluding hydrogens is 312 g/mol. The number of nitrogens with one attached hydrogen (secondary N) is 1. The largest absolute Gasteiger partial charge is 0.350 e. The van der Waals surface area contributed by atoms with Gasteiger partial charge in [0.05, 0.1) is 18.8 Å². The zero-order chi connectivity index (χ0) is 14.3. The third-order valence-corrected chi connectivity index (χ3v) is 3.78. The van der Waals surface area contributed by atoms with E-state index in [9.17, 15) is 4.79 Å². The maximum Gasteiger partial charge on any atom is 0.272 e. The van der Waals surface area contributed by atoms with Crippen LogP contribution in [0.15, 0.2) is 12.2 Å². The van der Waals surface area contributed by atoms with Crippen LogP contribution < -0.4 is 5.32 Å². The topological polar surface area (TPSA) is 47.6 Å². The first kappa shape index (κ1) is 15.4. The van der Waals surface area contributed by atoms with E-state index in [1.165, 1.54) is 0 Å². The molecule has 0 unspecified atom stereocenters. The van der Waals surface area contributed by atoms with Gasteiger partial charge >= 0.3 is 0 Å². The van der Waals surface area contributed by atoms with Crippen molar-refractivity contribution in [2.45, 2.75) is 42.0 Å². The van der Waals surface area contributed by atoms with E-state index in [1.54, 1.807) is 0 Å². The lowest BCUT2D eigenvalue weighted by atomic mass is 9.86. The van der Waals surface area contributed by atoms with E-state index in [-0.39, 0.29) is 18.1 Å². The van der Waals surface area contributed by atoms with Crippen molar-refractivity contribution in [3.63, 3.8) is 0 Å². The maximum atomic E-state index is 11.7. The van der Waals surface area contributed by atoms with Crippen molar-refractivity contribution < 1.29 is 14.3 Å². The molecular formula is C12H16Cl3NO3. The quantitative estimate of drug-likeness (QED) is 0.594. The summed E-state index contributed by atoms with van der Waals surface area (Å²) in [5.41, 5.74) is 0. The second-order valence-electron chi connectivity index (χ2n) is 5.19. The van der Waals surface area contributed by atoms with Gasteiger partial charge in [0, 0.05) is 5.92 Å². The van der Waals surface area contributed by atoms with Gasteiger partial charge in [0.1, 0.15) is 0 Å². The summed E-state index contributed by atoms with van der Waals surface area (Å²) in [4.78, 5) is 11.7. The molecule has 7 heteroatoms. The Balaban J connectivity index is 2.05. The molecule has 0 aromatic heterocycles. The van der Waals surface area contributed by atoms with Gasteiger partial charge in [-0.25, -0.2) is 0 Å². The highest BCUT2D eigenvalue weighted by atomic mass is 35.6. The van der Waals surface area contributed by atoms with Crippen LogP contribution >= 0.6 is 34.8 Å². The lowest BCUT2D eigenvalue weighted by Gasteiger charge is -2.45. The molecule has 2 rings (SSSR count). The molecule has 0 bridgehead atoms. The molecule has 0 aromatic rings. The normalized spacial score (nSPS) is 33.6. The summed E-state index contributed by atoms with van der Waals surface area (Å²) in [5.74, 6) is -1.22. The first-order valence-corrected chi connectivity index (χ1v) is 7.18. The van der Waals surface area contributed by atoms with Gasteiger partial charge in [-0.1, -0.05) is 47.0 Å². The van der Waals surface area contributed by atoms with Crippen LogP contribution in [0.25, 0.3) is 0 Å². The van der Waals surface area contributed by atoms with E-state index in [0.29, 0.717) is 6.61 Å². The molecule has 19 heavy (non-hydrogen) atoms. The molecule has 3 atom stereocenters. The fourth-order valence-electron chi connectivity index (χ4n) is 2.34. The van der Waals surface area contributed by atoms with Crippen molar-refractivity contribution in [3.05, 3.63) is 12.2 Å². The maximum absolute atomic E-state index is 11.7. The Hall–Kier alpha value is -0.000000000000000132. The van der Waals surface area contributed by atoms with Crippen LogP contribution in [0.1, 0.15) is 20.3 Å². The third-order valence-electron chi connectivity index (χ3n) is 3.26. The van der Waals surface area contributed by atoms with Crippen molar-refractivity contribution in [1.29, 1.82) is 0 Å². The number of alkyl halides is 3. The molecule has 1 aliphatic carbocycles. The zero-order valence-corrected chi connectivity index (χ0v) is 12.9. The number of rotatable bonds is 1. The molecule has 4 nitrogen and oxygen atoms in total. The summed E-state index contributed by atoms with van der Waals surface area (Å²) >= 11 is 16.7. The molecule has 0 spiro atoms. The highest BCUT2D eigenvalue weighted by Crippen LogP contribution is 2.34. The van der Waals surface area contributed by atoms with Crippen LogP contribution in [0.2, 0.25) is 0 Å². The predicted octanol–water partition coefficient (Wildman–Crippen LogP) is 2.57. The van der Waals surface area contributed by atoms with Crippen molar-refractivity contribution in [3.8, 4) is 0 Å². The van der Waals surface area contributed by atoms with E-state index in [1.807, 2.05) is 26.0 Å². The molecule has 108 valence electrons.